The van der Waals surface area contributed by atoms with E-state index in [9.17, 15) is 0 Å². The van der Waals surface area contributed by atoms with E-state index in [4.69, 9.17) is 16.7 Å². The van der Waals surface area contributed by atoms with Gasteiger partial charge in [0.15, 0.2) is 0 Å². The van der Waals surface area contributed by atoms with Crippen LogP contribution in [0.1, 0.15) is 6.42 Å². The van der Waals surface area contributed by atoms with Crippen LogP contribution >= 0.6 is 23.4 Å². The molecule has 0 aliphatic heterocycles. The van der Waals surface area contributed by atoms with Gasteiger partial charge in [-0.25, -0.2) is 0 Å². The van der Waals surface area contributed by atoms with Gasteiger partial charge in [-0.15, -0.1) is 11.8 Å². The Morgan fingerprint density at radius 3 is 2.75 bits per heavy atom. The zero-order valence-electron chi connectivity index (χ0n) is 6.66. The van der Waals surface area contributed by atoms with Crippen molar-refractivity contribution in [3.63, 3.8) is 0 Å². The first-order valence-corrected chi connectivity index (χ1v) is 5.19. The molecular formula is C9H11ClOS. The summed E-state index contributed by atoms with van der Waals surface area (Å²) in [5, 5.41) is 9.36. The van der Waals surface area contributed by atoms with E-state index >= 15 is 0 Å². The van der Waals surface area contributed by atoms with Gasteiger partial charge >= 0.3 is 0 Å². The number of thioether (sulfide) groups is 1. The fraction of sp³-hybridized carbons (Fsp3) is 0.333. The molecule has 0 aliphatic rings. The van der Waals surface area contributed by atoms with E-state index in [0.717, 1.165) is 22.1 Å². The Bertz CT molecular complexity index is 240. The molecule has 3 heteroatoms. The highest BCUT2D eigenvalue weighted by Gasteiger charge is 1.97. The van der Waals surface area contributed by atoms with Crippen molar-refractivity contribution in [2.75, 3.05) is 12.4 Å². The summed E-state index contributed by atoms with van der Waals surface area (Å²) in [5.74, 6) is 0.917. The van der Waals surface area contributed by atoms with Crippen molar-refractivity contribution in [3.05, 3.63) is 29.3 Å². The Hall–Kier alpha value is -0.180. The molecule has 0 saturated carbocycles. The first-order valence-electron chi connectivity index (χ1n) is 3.83. The largest absolute Gasteiger partial charge is 0.396 e. The number of aliphatic hydroxyl groups excluding tert-OH is 1. The van der Waals surface area contributed by atoms with Gasteiger partial charge < -0.3 is 5.11 Å². The molecule has 0 atom stereocenters. The van der Waals surface area contributed by atoms with Crippen LogP contribution in [0.15, 0.2) is 29.2 Å². The van der Waals surface area contributed by atoms with Gasteiger partial charge in [-0.2, -0.15) is 0 Å². The van der Waals surface area contributed by atoms with E-state index in [0.29, 0.717) is 0 Å². The molecule has 0 aromatic heterocycles. The lowest BCUT2D eigenvalue weighted by molar-refractivity contribution is 0.296. The molecule has 0 fully saturated rings. The summed E-state index contributed by atoms with van der Waals surface area (Å²) < 4.78 is 0. The smallest absolute Gasteiger partial charge is 0.0541 e. The summed E-state index contributed by atoms with van der Waals surface area (Å²) in [4.78, 5) is 1.09. The monoisotopic (exact) mass is 202 g/mol. The molecule has 0 spiro atoms. The molecule has 66 valence electrons. The van der Waals surface area contributed by atoms with Crippen LogP contribution < -0.4 is 0 Å². The van der Waals surface area contributed by atoms with Crippen molar-refractivity contribution in [2.24, 2.45) is 0 Å². The SMILES string of the molecule is OCCCSc1ccccc1Cl. The van der Waals surface area contributed by atoms with Crippen molar-refractivity contribution < 1.29 is 5.11 Å². The quantitative estimate of drug-likeness (QED) is 0.599. The van der Waals surface area contributed by atoms with E-state index in [1.165, 1.54) is 0 Å². The molecule has 0 amide bonds. The normalized spacial score (nSPS) is 10.2. The van der Waals surface area contributed by atoms with E-state index in [1.54, 1.807) is 11.8 Å². The summed E-state index contributed by atoms with van der Waals surface area (Å²) in [6.07, 6.45) is 0.815. The fourth-order valence-corrected chi connectivity index (χ4v) is 1.98. The van der Waals surface area contributed by atoms with Gasteiger partial charge in [0.25, 0.3) is 0 Å². The van der Waals surface area contributed by atoms with Crippen LogP contribution in [-0.2, 0) is 0 Å². The minimum atomic E-state index is 0.247. The van der Waals surface area contributed by atoms with Crippen molar-refractivity contribution >= 4 is 23.4 Å². The molecule has 0 bridgehead atoms. The summed E-state index contributed by atoms with van der Waals surface area (Å²) in [6, 6.07) is 7.75. The first-order chi connectivity index (χ1) is 5.84. The van der Waals surface area contributed by atoms with E-state index in [2.05, 4.69) is 0 Å². The second-order valence-corrected chi connectivity index (χ2v) is 3.90. The maximum atomic E-state index is 8.57. The van der Waals surface area contributed by atoms with Crippen LogP contribution in [0.3, 0.4) is 0 Å². The number of hydrogen-bond acceptors (Lipinski definition) is 2. The summed E-state index contributed by atoms with van der Waals surface area (Å²) in [7, 11) is 0. The second kappa shape index (κ2) is 5.46. The van der Waals surface area contributed by atoms with Gasteiger partial charge in [0.05, 0.1) is 5.02 Å². The van der Waals surface area contributed by atoms with Gasteiger partial charge in [0.2, 0.25) is 0 Å². The first kappa shape index (κ1) is 9.90. The Morgan fingerprint density at radius 1 is 1.33 bits per heavy atom. The molecule has 0 heterocycles. The standard InChI is InChI=1S/C9H11ClOS/c10-8-4-1-2-5-9(8)12-7-3-6-11/h1-2,4-5,11H,3,6-7H2. The molecule has 0 saturated heterocycles. The maximum absolute atomic E-state index is 8.57. The predicted molar refractivity (Wildman–Crippen MR) is 53.9 cm³/mol. The predicted octanol–water partition coefficient (Wildman–Crippen LogP) is 2.81. The lowest BCUT2D eigenvalue weighted by Crippen LogP contribution is -1.85. The molecular weight excluding hydrogens is 192 g/mol. The minimum absolute atomic E-state index is 0.247. The summed E-state index contributed by atoms with van der Waals surface area (Å²) in [6.45, 7) is 0.247. The van der Waals surface area contributed by atoms with Crippen LogP contribution in [-0.4, -0.2) is 17.5 Å². The Kier molecular flexibility index (Phi) is 4.51. The highest BCUT2D eigenvalue weighted by Crippen LogP contribution is 2.26. The highest BCUT2D eigenvalue weighted by atomic mass is 35.5. The van der Waals surface area contributed by atoms with Crippen LogP contribution in [0.5, 0.6) is 0 Å². The van der Waals surface area contributed by atoms with Gasteiger partial charge in [0.1, 0.15) is 0 Å². The zero-order chi connectivity index (χ0) is 8.81. The van der Waals surface area contributed by atoms with E-state index in [1.807, 2.05) is 24.3 Å². The molecule has 0 unspecified atom stereocenters. The van der Waals surface area contributed by atoms with Crippen LogP contribution in [0, 0.1) is 0 Å². The number of rotatable bonds is 4. The number of benzene rings is 1. The zero-order valence-corrected chi connectivity index (χ0v) is 8.24. The molecule has 0 radical (unpaired) electrons. The third-order valence-corrected chi connectivity index (χ3v) is 3.00. The van der Waals surface area contributed by atoms with E-state index < -0.39 is 0 Å². The molecule has 1 N–H and O–H groups in total. The Balaban J connectivity index is 2.46. The molecule has 1 nitrogen and oxygen atoms in total. The second-order valence-electron chi connectivity index (χ2n) is 2.36. The van der Waals surface area contributed by atoms with Gasteiger partial charge in [-0.3, -0.25) is 0 Å². The van der Waals surface area contributed by atoms with Crippen LogP contribution in [0.2, 0.25) is 5.02 Å². The number of hydrogen-bond donors (Lipinski definition) is 1. The van der Waals surface area contributed by atoms with Gasteiger partial charge in [-0.05, 0) is 18.6 Å². The Labute approximate surface area is 81.7 Å². The topological polar surface area (TPSA) is 20.2 Å². The molecule has 1 aromatic rings. The number of halogens is 1. The van der Waals surface area contributed by atoms with Crippen molar-refractivity contribution in [1.82, 2.24) is 0 Å². The third-order valence-electron chi connectivity index (χ3n) is 1.40. The fourth-order valence-electron chi connectivity index (χ4n) is 0.808. The van der Waals surface area contributed by atoms with Crippen molar-refractivity contribution in [2.45, 2.75) is 11.3 Å². The lowest BCUT2D eigenvalue weighted by atomic mass is 10.4. The summed E-state index contributed by atoms with van der Waals surface area (Å²) >= 11 is 7.60. The minimum Gasteiger partial charge on any atom is -0.396 e. The average molecular weight is 203 g/mol. The Morgan fingerprint density at radius 2 is 2.08 bits per heavy atom. The summed E-state index contributed by atoms with van der Waals surface area (Å²) in [5.41, 5.74) is 0. The average Bonchev–Trinajstić information content (AvgIpc) is 2.09. The third kappa shape index (κ3) is 3.05. The van der Waals surface area contributed by atoms with Crippen molar-refractivity contribution in [3.8, 4) is 0 Å². The molecule has 12 heavy (non-hydrogen) atoms. The van der Waals surface area contributed by atoms with Crippen LogP contribution in [0.4, 0.5) is 0 Å². The van der Waals surface area contributed by atoms with Crippen molar-refractivity contribution in [1.29, 1.82) is 0 Å². The van der Waals surface area contributed by atoms with E-state index in [-0.39, 0.29) is 6.61 Å². The van der Waals surface area contributed by atoms with Crippen LogP contribution in [0.25, 0.3) is 0 Å². The lowest BCUT2D eigenvalue weighted by Gasteiger charge is -2.01. The number of aliphatic hydroxyl groups is 1. The van der Waals surface area contributed by atoms with Gasteiger partial charge in [0, 0.05) is 17.3 Å². The molecule has 0 aliphatic carbocycles. The highest BCUT2D eigenvalue weighted by molar-refractivity contribution is 7.99. The molecule has 1 aromatic carbocycles. The maximum Gasteiger partial charge on any atom is 0.0541 e. The molecule has 1 rings (SSSR count). The van der Waals surface area contributed by atoms with Gasteiger partial charge in [-0.1, -0.05) is 23.7 Å².